The molecular formula is C12H12N2O2S. The maximum absolute atomic E-state index is 11.6. The highest BCUT2D eigenvalue weighted by Gasteiger charge is 2.10. The minimum absolute atomic E-state index is 0.509. The summed E-state index contributed by atoms with van der Waals surface area (Å²) in [4.78, 5) is 12.7. The Morgan fingerprint density at radius 1 is 1.29 bits per heavy atom. The average molecular weight is 248 g/mol. The number of amides is 1. The van der Waals surface area contributed by atoms with Crippen molar-refractivity contribution in [1.29, 1.82) is 0 Å². The fraction of sp³-hybridized carbons (Fsp3) is 0.167. The van der Waals surface area contributed by atoms with E-state index in [4.69, 9.17) is 4.74 Å². The van der Waals surface area contributed by atoms with Crippen molar-refractivity contribution in [2.24, 2.45) is 0 Å². The molecule has 0 bridgehead atoms. The van der Waals surface area contributed by atoms with Crippen LogP contribution in [0.5, 0.6) is 5.75 Å². The number of hydrogen-bond acceptors (Lipinski definition) is 4. The number of para-hydroxylation sites is 1. The first kappa shape index (κ1) is 11.6. The molecule has 0 saturated carbocycles. The predicted molar refractivity (Wildman–Crippen MR) is 67.7 cm³/mol. The van der Waals surface area contributed by atoms with Gasteiger partial charge in [0.25, 0.3) is 0 Å². The number of hydrogen-bond donors (Lipinski definition) is 1. The number of ether oxygens (including phenoxy) is 1. The molecule has 1 amide bonds. The molecule has 1 aromatic carbocycles. The van der Waals surface area contributed by atoms with Gasteiger partial charge in [0.15, 0.2) is 5.82 Å². The van der Waals surface area contributed by atoms with Crippen molar-refractivity contribution < 1.29 is 9.53 Å². The van der Waals surface area contributed by atoms with E-state index in [1.165, 1.54) is 11.5 Å². The van der Waals surface area contributed by atoms with Crippen LogP contribution in [0.1, 0.15) is 10.4 Å². The second-order valence-corrected chi connectivity index (χ2v) is 4.52. The highest BCUT2D eigenvalue weighted by molar-refractivity contribution is 7.06. The summed E-state index contributed by atoms with van der Waals surface area (Å²) < 4.78 is 9.22. The lowest BCUT2D eigenvalue weighted by Crippen LogP contribution is -2.17. The Bertz CT molecular complexity index is 523. The molecule has 2 rings (SSSR count). The summed E-state index contributed by atoms with van der Waals surface area (Å²) in [5, 5.41) is 2.62. The first-order valence-corrected chi connectivity index (χ1v) is 5.91. The smallest absolute Gasteiger partial charge is 0.410 e. The van der Waals surface area contributed by atoms with E-state index < -0.39 is 6.09 Å². The van der Waals surface area contributed by atoms with Crippen LogP contribution in [0.2, 0.25) is 0 Å². The summed E-state index contributed by atoms with van der Waals surface area (Å²) in [6.45, 7) is 3.87. The number of carbonyl (C=O) groups is 1. The van der Waals surface area contributed by atoms with Crippen LogP contribution in [-0.2, 0) is 0 Å². The predicted octanol–water partition coefficient (Wildman–Crippen LogP) is 3.37. The maximum Gasteiger partial charge on any atom is 0.418 e. The lowest BCUT2D eigenvalue weighted by Gasteiger charge is -2.04. The normalized spacial score (nSPS) is 10.0. The van der Waals surface area contributed by atoms with Gasteiger partial charge in [0, 0.05) is 10.4 Å². The van der Waals surface area contributed by atoms with E-state index in [2.05, 4.69) is 9.69 Å². The van der Waals surface area contributed by atoms with Gasteiger partial charge in [-0.1, -0.05) is 18.2 Å². The summed E-state index contributed by atoms with van der Waals surface area (Å²) in [6, 6.07) is 8.91. The molecule has 0 atom stereocenters. The van der Waals surface area contributed by atoms with Crippen molar-refractivity contribution in [2.45, 2.75) is 13.8 Å². The van der Waals surface area contributed by atoms with E-state index in [1.807, 2.05) is 19.9 Å². The van der Waals surface area contributed by atoms with Crippen LogP contribution in [0, 0.1) is 13.8 Å². The third kappa shape index (κ3) is 2.82. The maximum atomic E-state index is 11.6. The van der Waals surface area contributed by atoms with Crippen molar-refractivity contribution in [3.63, 3.8) is 0 Å². The second-order valence-electron chi connectivity index (χ2n) is 3.54. The van der Waals surface area contributed by atoms with Crippen LogP contribution < -0.4 is 10.1 Å². The van der Waals surface area contributed by atoms with Gasteiger partial charge in [-0.15, -0.1) is 0 Å². The van der Waals surface area contributed by atoms with Crippen molar-refractivity contribution in [3.8, 4) is 5.75 Å². The zero-order chi connectivity index (χ0) is 12.3. The molecule has 1 aromatic heterocycles. The van der Waals surface area contributed by atoms with Gasteiger partial charge in [-0.25, -0.2) is 4.79 Å². The quantitative estimate of drug-likeness (QED) is 0.886. The molecule has 0 fully saturated rings. The summed E-state index contributed by atoms with van der Waals surface area (Å²) in [5.41, 5.74) is 0.972. The monoisotopic (exact) mass is 248 g/mol. The second kappa shape index (κ2) is 4.97. The van der Waals surface area contributed by atoms with Gasteiger partial charge in [-0.2, -0.15) is 4.37 Å². The summed E-state index contributed by atoms with van der Waals surface area (Å²) >= 11 is 1.36. The Morgan fingerprint density at radius 3 is 2.59 bits per heavy atom. The molecule has 0 spiro atoms. The molecule has 0 aliphatic carbocycles. The zero-order valence-electron chi connectivity index (χ0n) is 9.56. The van der Waals surface area contributed by atoms with E-state index in [0.29, 0.717) is 11.6 Å². The van der Waals surface area contributed by atoms with Gasteiger partial charge in [0.05, 0.1) is 0 Å². The number of rotatable bonds is 2. The van der Waals surface area contributed by atoms with Crippen LogP contribution in [0.3, 0.4) is 0 Å². The lowest BCUT2D eigenvalue weighted by molar-refractivity contribution is 0.215. The minimum atomic E-state index is -0.524. The SMILES string of the molecule is Cc1snc(NC(=O)Oc2ccccc2)c1C. The molecule has 0 radical (unpaired) electrons. The largest absolute Gasteiger partial charge is 0.418 e. The molecule has 17 heavy (non-hydrogen) atoms. The molecule has 0 aliphatic rings. The van der Waals surface area contributed by atoms with Crippen LogP contribution in [-0.4, -0.2) is 10.5 Å². The summed E-state index contributed by atoms with van der Waals surface area (Å²) in [5.74, 6) is 1.07. The van der Waals surface area contributed by atoms with E-state index >= 15 is 0 Å². The zero-order valence-corrected chi connectivity index (χ0v) is 10.4. The van der Waals surface area contributed by atoms with Crippen LogP contribution in [0.25, 0.3) is 0 Å². The molecule has 0 aliphatic heterocycles. The molecule has 2 aromatic rings. The topological polar surface area (TPSA) is 51.2 Å². The van der Waals surface area contributed by atoms with Crippen molar-refractivity contribution in [3.05, 3.63) is 40.8 Å². The number of benzene rings is 1. The molecule has 4 nitrogen and oxygen atoms in total. The Kier molecular flexibility index (Phi) is 3.39. The van der Waals surface area contributed by atoms with Gasteiger partial charge in [0.1, 0.15) is 5.75 Å². The lowest BCUT2D eigenvalue weighted by atomic mass is 10.3. The number of nitrogens with one attached hydrogen (secondary N) is 1. The Balaban J connectivity index is 2.01. The molecular weight excluding hydrogens is 236 g/mol. The van der Waals surface area contributed by atoms with Crippen molar-refractivity contribution in [1.82, 2.24) is 4.37 Å². The molecule has 1 heterocycles. The Morgan fingerprint density at radius 2 is 2.00 bits per heavy atom. The summed E-state index contributed by atoms with van der Waals surface area (Å²) in [6.07, 6.45) is -0.524. The van der Waals surface area contributed by atoms with Crippen molar-refractivity contribution >= 4 is 23.4 Å². The molecule has 5 heteroatoms. The van der Waals surface area contributed by atoms with E-state index in [0.717, 1.165) is 10.4 Å². The first-order chi connectivity index (χ1) is 8.16. The first-order valence-electron chi connectivity index (χ1n) is 5.13. The third-order valence-corrected chi connectivity index (χ3v) is 3.19. The average Bonchev–Trinajstić information content (AvgIpc) is 2.62. The van der Waals surface area contributed by atoms with E-state index in [9.17, 15) is 4.79 Å². The number of anilines is 1. The number of aromatic nitrogens is 1. The third-order valence-electron chi connectivity index (χ3n) is 2.33. The number of nitrogens with zero attached hydrogens (tertiary/aromatic N) is 1. The van der Waals surface area contributed by atoms with Gasteiger partial charge in [0.2, 0.25) is 0 Å². The van der Waals surface area contributed by atoms with Crippen molar-refractivity contribution in [2.75, 3.05) is 5.32 Å². The number of aryl methyl sites for hydroxylation is 1. The Hall–Kier alpha value is -1.88. The van der Waals surface area contributed by atoms with E-state index in [1.54, 1.807) is 24.3 Å². The van der Waals surface area contributed by atoms with Crippen LogP contribution in [0.15, 0.2) is 30.3 Å². The molecule has 0 unspecified atom stereocenters. The summed E-state index contributed by atoms with van der Waals surface area (Å²) in [7, 11) is 0. The molecule has 0 saturated heterocycles. The van der Waals surface area contributed by atoms with Crippen LogP contribution in [0.4, 0.5) is 10.6 Å². The van der Waals surface area contributed by atoms with Gasteiger partial charge < -0.3 is 4.74 Å². The van der Waals surface area contributed by atoms with E-state index in [-0.39, 0.29) is 0 Å². The Labute approximate surface area is 103 Å². The molecule has 88 valence electrons. The minimum Gasteiger partial charge on any atom is -0.410 e. The van der Waals surface area contributed by atoms with Gasteiger partial charge in [-0.05, 0) is 37.5 Å². The number of carbonyl (C=O) groups excluding carboxylic acids is 1. The fourth-order valence-electron chi connectivity index (χ4n) is 1.25. The molecule has 1 N–H and O–H groups in total. The fourth-order valence-corrected chi connectivity index (χ4v) is 1.90. The highest BCUT2D eigenvalue weighted by Crippen LogP contribution is 2.21. The van der Waals surface area contributed by atoms with Gasteiger partial charge in [-0.3, -0.25) is 5.32 Å². The van der Waals surface area contributed by atoms with Gasteiger partial charge >= 0.3 is 6.09 Å². The van der Waals surface area contributed by atoms with Crippen LogP contribution >= 0.6 is 11.5 Å². The standard InChI is InChI=1S/C12H12N2O2S/c1-8-9(2)17-14-11(8)13-12(15)16-10-6-4-3-5-7-10/h3-7H,1-2H3,(H,13,14,15). The highest BCUT2D eigenvalue weighted by atomic mass is 32.1.